The number of benzene rings is 2. The average Bonchev–Trinajstić information content (AvgIpc) is 2.71. The molecule has 0 atom stereocenters. The van der Waals surface area contributed by atoms with Crippen LogP contribution in [0.1, 0.15) is 13.3 Å². The average molecular weight is 384 g/mol. The van der Waals surface area contributed by atoms with Gasteiger partial charge in [-0.25, -0.2) is 4.99 Å². The molecule has 1 amide bonds. The SMILES string of the molecule is CCNC(=NCC(=O)Nc1ccccc1)Nc1cccc(OCCCOC)c1. The first-order chi connectivity index (χ1) is 13.7. The number of amides is 1. The zero-order valence-electron chi connectivity index (χ0n) is 16.4. The molecule has 2 aromatic rings. The van der Waals surface area contributed by atoms with E-state index in [-0.39, 0.29) is 12.5 Å². The fourth-order valence-electron chi connectivity index (χ4n) is 2.37. The normalized spacial score (nSPS) is 11.0. The summed E-state index contributed by atoms with van der Waals surface area (Å²) in [5.74, 6) is 1.11. The van der Waals surface area contributed by atoms with Crippen LogP contribution in [0.4, 0.5) is 11.4 Å². The molecule has 0 aliphatic carbocycles. The molecule has 0 saturated carbocycles. The summed E-state index contributed by atoms with van der Waals surface area (Å²) in [5.41, 5.74) is 1.58. The summed E-state index contributed by atoms with van der Waals surface area (Å²) in [6, 6.07) is 16.9. The number of aliphatic imine (C=N–C) groups is 1. The summed E-state index contributed by atoms with van der Waals surface area (Å²) in [4.78, 5) is 16.4. The Kier molecular flexibility index (Phi) is 9.37. The second-order valence-corrected chi connectivity index (χ2v) is 5.96. The topological polar surface area (TPSA) is 84.0 Å². The minimum Gasteiger partial charge on any atom is -0.493 e. The van der Waals surface area contributed by atoms with Crippen molar-refractivity contribution < 1.29 is 14.3 Å². The maximum Gasteiger partial charge on any atom is 0.246 e. The lowest BCUT2D eigenvalue weighted by Gasteiger charge is -2.13. The van der Waals surface area contributed by atoms with E-state index < -0.39 is 0 Å². The highest BCUT2D eigenvalue weighted by Crippen LogP contribution is 2.17. The van der Waals surface area contributed by atoms with Crippen molar-refractivity contribution in [1.29, 1.82) is 0 Å². The predicted molar refractivity (Wildman–Crippen MR) is 113 cm³/mol. The van der Waals surface area contributed by atoms with Gasteiger partial charge in [0, 0.05) is 44.1 Å². The molecule has 7 nitrogen and oxygen atoms in total. The molecule has 0 saturated heterocycles. The number of carbonyl (C=O) groups is 1. The van der Waals surface area contributed by atoms with Gasteiger partial charge in [-0.2, -0.15) is 0 Å². The maximum atomic E-state index is 12.1. The van der Waals surface area contributed by atoms with E-state index in [0.717, 1.165) is 23.5 Å². The van der Waals surface area contributed by atoms with Crippen molar-refractivity contribution in [1.82, 2.24) is 5.32 Å². The van der Waals surface area contributed by atoms with E-state index in [1.807, 2.05) is 61.5 Å². The van der Waals surface area contributed by atoms with E-state index >= 15 is 0 Å². The third-order valence-electron chi connectivity index (χ3n) is 3.64. The van der Waals surface area contributed by atoms with Gasteiger partial charge in [0.25, 0.3) is 0 Å². The van der Waals surface area contributed by atoms with Gasteiger partial charge < -0.3 is 25.4 Å². The molecule has 150 valence electrons. The molecule has 0 heterocycles. The Bertz CT molecular complexity index is 750. The van der Waals surface area contributed by atoms with Crippen LogP contribution in [0.5, 0.6) is 5.75 Å². The molecule has 0 aliphatic rings. The molecule has 0 aliphatic heterocycles. The first kappa shape index (κ1) is 21.2. The Morgan fingerprint density at radius 2 is 1.79 bits per heavy atom. The minimum absolute atomic E-state index is 0.0113. The molecular weight excluding hydrogens is 356 g/mol. The number of guanidine groups is 1. The Hall–Kier alpha value is -3.06. The van der Waals surface area contributed by atoms with Gasteiger partial charge in [0.1, 0.15) is 12.3 Å². The first-order valence-electron chi connectivity index (χ1n) is 9.33. The summed E-state index contributed by atoms with van der Waals surface area (Å²) < 4.78 is 10.7. The Labute approximate surface area is 166 Å². The maximum absolute atomic E-state index is 12.1. The Morgan fingerprint density at radius 3 is 2.54 bits per heavy atom. The largest absolute Gasteiger partial charge is 0.493 e. The summed E-state index contributed by atoms with van der Waals surface area (Å²) in [7, 11) is 1.67. The molecule has 0 unspecified atom stereocenters. The number of anilines is 2. The number of rotatable bonds is 10. The van der Waals surface area contributed by atoms with E-state index in [0.29, 0.717) is 25.7 Å². The van der Waals surface area contributed by atoms with Crippen LogP contribution in [-0.2, 0) is 9.53 Å². The number of ether oxygens (including phenoxy) is 2. The van der Waals surface area contributed by atoms with Crippen LogP contribution >= 0.6 is 0 Å². The molecule has 2 rings (SSSR count). The molecule has 3 N–H and O–H groups in total. The highest BCUT2D eigenvalue weighted by Gasteiger charge is 2.04. The third kappa shape index (κ3) is 8.09. The van der Waals surface area contributed by atoms with Gasteiger partial charge in [0.05, 0.1) is 6.61 Å². The van der Waals surface area contributed by atoms with E-state index in [4.69, 9.17) is 9.47 Å². The zero-order chi connectivity index (χ0) is 20.0. The molecule has 0 spiro atoms. The van der Waals surface area contributed by atoms with E-state index in [1.165, 1.54) is 0 Å². The van der Waals surface area contributed by atoms with Crippen molar-refractivity contribution in [2.45, 2.75) is 13.3 Å². The van der Waals surface area contributed by atoms with Gasteiger partial charge in [-0.1, -0.05) is 24.3 Å². The second-order valence-electron chi connectivity index (χ2n) is 5.96. The van der Waals surface area contributed by atoms with Crippen LogP contribution in [0.3, 0.4) is 0 Å². The van der Waals surface area contributed by atoms with Crippen LogP contribution < -0.4 is 20.7 Å². The molecular formula is C21H28N4O3. The third-order valence-corrected chi connectivity index (χ3v) is 3.64. The number of para-hydroxylation sites is 1. The van der Waals surface area contributed by atoms with Crippen molar-refractivity contribution in [2.24, 2.45) is 4.99 Å². The Morgan fingerprint density at radius 1 is 1.00 bits per heavy atom. The molecule has 0 radical (unpaired) electrons. The minimum atomic E-state index is -0.182. The van der Waals surface area contributed by atoms with Crippen molar-refractivity contribution >= 4 is 23.2 Å². The number of methoxy groups -OCH3 is 1. The number of nitrogens with one attached hydrogen (secondary N) is 3. The molecule has 0 aromatic heterocycles. The van der Waals surface area contributed by atoms with Crippen molar-refractivity contribution in [2.75, 3.05) is 44.0 Å². The molecule has 2 aromatic carbocycles. The van der Waals surface area contributed by atoms with Crippen molar-refractivity contribution in [3.8, 4) is 5.75 Å². The molecule has 28 heavy (non-hydrogen) atoms. The van der Waals surface area contributed by atoms with E-state index in [9.17, 15) is 4.79 Å². The summed E-state index contributed by atoms with van der Waals surface area (Å²) in [5, 5.41) is 9.14. The van der Waals surface area contributed by atoms with Gasteiger partial charge in [-0.3, -0.25) is 4.79 Å². The first-order valence-corrected chi connectivity index (χ1v) is 9.33. The van der Waals surface area contributed by atoms with Crippen LogP contribution in [0.15, 0.2) is 59.6 Å². The van der Waals surface area contributed by atoms with Gasteiger partial charge in [0.2, 0.25) is 5.91 Å². The smallest absolute Gasteiger partial charge is 0.246 e. The molecule has 0 bridgehead atoms. The second kappa shape index (κ2) is 12.3. The summed E-state index contributed by atoms with van der Waals surface area (Å²) in [6.45, 7) is 3.92. The lowest BCUT2D eigenvalue weighted by Crippen LogP contribution is -2.31. The lowest BCUT2D eigenvalue weighted by atomic mass is 10.3. The van der Waals surface area contributed by atoms with Crippen LogP contribution in [0, 0.1) is 0 Å². The molecule has 0 fully saturated rings. The predicted octanol–water partition coefficient (Wildman–Crippen LogP) is 3.12. The van der Waals surface area contributed by atoms with Crippen molar-refractivity contribution in [3.05, 3.63) is 54.6 Å². The van der Waals surface area contributed by atoms with E-state index in [2.05, 4.69) is 20.9 Å². The van der Waals surface area contributed by atoms with E-state index in [1.54, 1.807) is 7.11 Å². The summed E-state index contributed by atoms with van der Waals surface area (Å²) >= 11 is 0. The van der Waals surface area contributed by atoms with Gasteiger partial charge in [-0.05, 0) is 31.2 Å². The quantitative estimate of drug-likeness (QED) is 0.333. The standard InChI is InChI=1S/C21H28N4O3/c1-3-22-21(23-16-20(26)24-17-9-5-4-6-10-17)25-18-11-7-12-19(15-18)28-14-8-13-27-2/h4-7,9-12,15H,3,8,13-14,16H2,1-2H3,(H,24,26)(H2,22,23,25). The zero-order valence-corrected chi connectivity index (χ0v) is 16.4. The van der Waals surface area contributed by atoms with Crippen LogP contribution in [0.25, 0.3) is 0 Å². The monoisotopic (exact) mass is 384 g/mol. The molecule has 7 heteroatoms. The number of carbonyl (C=O) groups excluding carboxylic acids is 1. The van der Waals surface area contributed by atoms with Crippen LogP contribution in [-0.4, -0.2) is 45.3 Å². The van der Waals surface area contributed by atoms with Gasteiger partial charge >= 0.3 is 0 Å². The van der Waals surface area contributed by atoms with Gasteiger partial charge in [-0.15, -0.1) is 0 Å². The highest BCUT2D eigenvalue weighted by atomic mass is 16.5. The fourth-order valence-corrected chi connectivity index (χ4v) is 2.37. The van der Waals surface area contributed by atoms with Crippen molar-refractivity contribution in [3.63, 3.8) is 0 Å². The Balaban J connectivity index is 1.92. The number of hydrogen-bond acceptors (Lipinski definition) is 4. The van der Waals surface area contributed by atoms with Gasteiger partial charge in [0.15, 0.2) is 5.96 Å². The number of nitrogens with zero attached hydrogens (tertiary/aromatic N) is 1. The lowest BCUT2D eigenvalue weighted by molar-refractivity contribution is -0.114. The van der Waals surface area contributed by atoms with Crippen LogP contribution in [0.2, 0.25) is 0 Å². The number of hydrogen-bond donors (Lipinski definition) is 3. The fraction of sp³-hybridized carbons (Fsp3) is 0.333. The summed E-state index contributed by atoms with van der Waals surface area (Å²) in [6.07, 6.45) is 0.828. The highest BCUT2D eigenvalue weighted by molar-refractivity contribution is 5.97.